The molecule has 0 N–H and O–H groups in total. The second kappa shape index (κ2) is 10.8. The zero-order valence-electron chi connectivity index (χ0n) is 19.5. The van der Waals surface area contributed by atoms with Crippen molar-refractivity contribution < 1.29 is 22.7 Å². The van der Waals surface area contributed by atoms with E-state index in [1.54, 1.807) is 7.11 Å². The lowest BCUT2D eigenvalue weighted by Crippen LogP contribution is -2.22. The molecule has 178 valence electrons. The molecule has 3 rings (SSSR count). The van der Waals surface area contributed by atoms with Crippen LogP contribution in [0.15, 0.2) is 41.2 Å². The first-order valence-corrected chi connectivity index (χ1v) is 12.3. The SMILES string of the molecule is CCc1cc(C)cc(CC)c1C1=C(OC)CC(CCSc2ccc(C(F)(F)F)cn2)CC1=O. The van der Waals surface area contributed by atoms with Gasteiger partial charge in [-0.25, -0.2) is 4.98 Å². The molecule has 1 aromatic heterocycles. The summed E-state index contributed by atoms with van der Waals surface area (Å²) in [7, 11) is 1.62. The van der Waals surface area contributed by atoms with Gasteiger partial charge in [0.1, 0.15) is 5.76 Å². The number of benzene rings is 1. The highest BCUT2D eigenvalue weighted by molar-refractivity contribution is 7.99. The van der Waals surface area contributed by atoms with Crippen molar-refractivity contribution in [3.63, 3.8) is 0 Å². The molecular formula is C26H30F3NO2S. The minimum absolute atomic E-state index is 0.106. The fourth-order valence-corrected chi connectivity index (χ4v) is 5.36. The van der Waals surface area contributed by atoms with Crippen LogP contribution in [0.25, 0.3) is 5.57 Å². The number of aryl methyl sites for hydroxylation is 3. The largest absolute Gasteiger partial charge is 0.500 e. The van der Waals surface area contributed by atoms with Gasteiger partial charge in [-0.1, -0.05) is 31.5 Å². The van der Waals surface area contributed by atoms with E-state index in [0.717, 1.165) is 48.4 Å². The van der Waals surface area contributed by atoms with Crippen LogP contribution in [0.2, 0.25) is 0 Å². The number of halogens is 3. The summed E-state index contributed by atoms with van der Waals surface area (Å²) in [6, 6.07) is 6.76. The minimum atomic E-state index is -4.38. The molecule has 1 aliphatic rings. The molecule has 0 bridgehead atoms. The molecule has 0 amide bonds. The van der Waals surface area contributed by atoms with Crippen LogP contribution in [0.4, 0.5) is 13.2 Å². The molecule has 2 aromatic rings. The van der Waals surface area contributed by atoms with Crippen LogP contribution in [-0.4, -0.2) is 23.6 Å². The molecule has 1 aliphatic carbocycles. The number of methoxy groups -OCH3 is 1. The third-order valence-corrected chi connectivity index (χ3v) is 7.03. The summed E-state index contributed by atoms with van der Waals surface area (Å²) in [5, 5.41) is 0.549. The number of alkyl halides is 3. The topological polar surface area (TPSA) is 39.2 Å². The minimum Gasteiger partial charge on any atom is -0.500 e. The molecule has 0 radical (unpaired) electrons. The maximum Gasteiger partial charge on any atom is 0.417 e. The lowest BCUT2D eigenvalue weighted by Gasteiger charge is -2.28. The Hall–Kier alpha value is -2.28. The van der Waals surface area contributed by atoms with Gasteiger partial charge in [-0.15, -0.1) is 11.8 Å². The van der Waals surface area contributed by atoms with Crippen molar-refractivity contribution in [1.29, 1.82) is 0 Å². The highest BCUT2D eigenvalue weighted by Gasteiger charge is 2.32. The van der Waals surface area contributed by atoms with Gasteiger partial charge in [0, 0.05) is 19.0 Å². The number of carbonyl (C=O) groups is 1. The van der Waals surface area contributed by atoms with Crippen molar-refractivity contribution in [2.24, 2.45) is 5.92 Å². The molecule has 0 spiro atoms. The number of nitrogens with zero attached hydrogens (tertiary/aromatic N) is 1. The fourth-order valence-electron chi connectivity index (χ4n) is 4.41. The zero-order chi connectivity index (χ0) is 24.2. The molecule has 1 atom stereocenters. The van der Waals surface area contributed by atoms with Crippen molar-refractivity contribution in [2.45, 2.75) is 64.1 Å². The van der Waals surface area contributed by atoms with Crippen molar-refractivity contribution in [3.05, 3.63) is 64.0 Å². The molecule has 0 saturated heterocycles. The van der Waals surface area contributed by atoms with E-state index in [1.807, 2.05) is 0 Å². The van der Waals surface area contributed by atoms with Crippen molar-refractivity contribution in [2.75, 3.05) is 12.9 Å². The van der Waals surface area contributed by atoms with E-state index in [9.17, 15) is 18.0 Å². The Kier molecular flexibility index (Phi) is 8.27. The third kappa shape index (κ3) is 5.99. The summed E-state index contributed by atoms with van der Waals surface area (Å²) in [5.74, 6) is 1.66. The van der Waals surface area contributed by atoms with Crippen LogP contribution < -0.4 is 0 Å². The standard InChI is InChI=1S/C26H30F3NO2S/c1-5-18-11-16(3)12-19(6-2)24(18)25-21(31)13-17(14-22(25)32-4)9-10-33-23-8-7-20(15-30-23)26(27,28)29/h7-8,11-12,15,17H,5-6,9-10,13-14H2,1-4H3. The quantitative estimate of drug-likeness (QED) is 0.382. The number of allylic oxidation sites excluding steroid dienone is 2. The Balaban J connectivity index is 1.74. The number of hydrogen-bond acceptors (Lipinski definition) is 4. The average molecular weight is 478 g/mol. The summed E-state index contributed by atoms with van der Waals surface area (Å²) in [5.41, 5.74) is 4.55. The normalized spacial score (nSPS) is 16.9. The number of carbonyl (C=O) groups excluding carboxylic acids is 1. The molecule has 0 fully saturated rings. The summed E-state index contributed by atoms with van der Waals surface area (Å²) in [6.07, 6.45) is 0.0568. The van der Waals surface area contributed by atoms with Gasteiger partial charge in [0.2, 0.25) is 0 Å². The molecular weight excluding hydrogens is 447 g/mol. The first kappa shape index (κ1) is 25.3. The van der Waals surface area contributed by atoms with E-state index in [4.69, 9.17) is 4.74 Å². The lowest BCUT2D eigenvalue weighted by atomic mass is 9.79. The summed E-state index contributed by atoms with van der Waals surface area (Å²) >= 11 is 1.41. The zero-order valence-corrected chi connectivity index (χ0v) is 20.3. The Bertz CT molecular complexity index is 1000. The van der Waals surface area contributed by atoms with E-state index < -0.39 is 11.7 Å². The maximum atomic E-state index is 13.3. The summed E-state index contributed by atoms with van der Waals surface area (Å²) in [6.45, 7) is 6.29. The predicted molar refractivity (Wildman–Crippen MR) is 126 cm³/mol. The van der Waals surface area contributed by atoms with Crippen LogP contribution in [0.5, 0.6) is 0 Å². The Morgan fingerprint density at radius 1 is 1.12 bits per heavy atom. The highest BCUT2D eigenvalue weighted by atomic mass is 32.2. The Morgan fingerprint density at radius 2 is 1.79 bits per heavy atom. The van der Waals surface area contributed by atoms with Crippen LogP contribution in [0, 0.1) is 12.8 Å². The molecule has 1 aromatic carbocycles. The van der Waals surface area contributed by atoms with Gasteiger partial charge < -0.3 is 4.74 Å². The lowest BCUT2D eigenvalue weighted by molar-refractivity contribution is -0.137. The van der Waals surface area contributed by atoms with Gasteiger partial charge in [-0.3, -0.25) is 4.79 Å². The predicted octanol–water partition coefficient (Wildman–Crippen LogP) is 7.05. The van der Waals surface area contributed by atoms with Crippen molar-refractivity contribution >= 4 is 23.1 Å². The monoisotopic (exact) mass is 477 g/mol. The molecule has 0 aliphatic heterocycles. The van der Waals surface area contributed by atoms with Crippen molar-refractivity contribution in [3.8, 4) is 0 Å². The molecule has 1 unspecified atom stereocenters. The van der Waals surface area contributed by atoms with Crippen LogP contribution in [-0.2, 0) is 28.5 Å². The van der Waals surface area contributed by atoms with Crippen LogP contribution in [0.1, 0.15) is 60.9 Å². The highest BCUT2D eigenvalue weighted by Crippen LogP contribution is 2.39. The van der Waals surface area contributed by atoms with Gasteiger partial charge in [0.05, 0.1) is 23.3 Å². The number of ether oxygens (including phenoxy) is 1. The molecule has 33 heavy (non-hydrogen) atoms. The number of pyridine rings is 1. The average Bonchev–Trinajstić information content (AvgIpc) is 2.78. The van der Waals surface area contributed by atoms with E-state index in [0.29, 0.717) is 23.6 Å². The first-order chi connectivity index (χ1) is 15.7. The smallest absolute Gasteiger partial charge is 0.417 e. The van der Waals surface area contributed by atoms with Crippen LogP contribution >= 0.6 is 11.8 Å². The third-order valence-electron chi connectivity index (χ3n) is 6.05. The number of aromatic nitrogens is 1. The molecule has 7 heteroatoms. The summed E-state index contributed by atoms with van der Waals surface area (Å²) in [4.78, 5) is 17.2. The molecule has 3 nitrogen and oxygen atoms in total. The maximum absolute atomic E-state index is 13.3. The van der Waals surface area contributed by atoms with Gasteiger partial charge >= 0.3 is 6.18 Å². The van der Waals surface area contributed by atoms with Crippen molar-refractivity contribution in [1.82, 2.24) is 4.98 Å². The molecule has 0 saturated carbocycles. The van der Waals surface area contributed by atoms with E-state index in [-0.39, 0.29) is 11.7 Å². The number of ketones is 1. The number of thioether (sulfide) groups is 1. The number of rotatable bonds is 8. The van der Waals surface area contributed by atoms with E-state index >= 15 is 0 Å². The van der Waals surface area contributed by atoms with Gasteiger partial charge in [0.25, 0.3) is 0 Å². The van der Waals surface area contributed by atoms with Crippen LogP contribution in [0.3, 0.4) is 0 Å². The van der Waals surface area contributed by atoms with E-state index in [2.05, 4.69) is 37.9 Å². The number of hydrogen-bond donors (Lipinski definition) is 0. The van der Waals surface area contributed by atoms with E-state index in [1.165, 1.54) is 34.5 Å². The fraction of sp³-hybridized carbons (Fsp3) is 0.462. The van der Waals surface area contributed by atoms with Gasteiger partial charge in [0.15, 0.2) is 5.78 Å². The number of Topliss-reactive ketones (excluding diaryl/α,β-unsaturated/α-hetero) is 1. The Morgan fingerprint density at radius 3 is 2.30 bits per heavy atom. The summed E-state index contributed by atoms with van der Waals surface area (Å²) < 4.78 is 43.8. The Labute approximate surface area is 197 Å². The second-order valence-corrected chi connectivity index (χ2v) is 9.50. The molecule has 1 heterocycles. The second-order valence-electron chi connectivity index (χ2n) is 8.39. The van der Waals surface area contributed by atoms with Gasteiger partial charge in [-0.2, -0.15) is 13.2 Å². The first-order valence-electron chi connectivity index (χ1n) is 11.3. The van der Waals surface area contributed by atoms with Gasteiger partial charge in [-0.05, 0) is 66.7 Å².